The molecule has 2 heterocycles. The first-order valence-electron chi connectivity index (χ1n) is 15.7. The Kier molecular flexibility index (Phi) is 10.9. The molecule has 5 rings (SSSR count). The third kappa shape index (κ3) is 7.73. The number of ether oxygens (including phenoxy) is 4. The Morgan fingerprint density at radius 3 is 2.62 bits per heavy atom. The van der Waals surface area contributed by atoms with E-state index < -0.39 is 24.2 Å². The van der Waals surface area contributed by atoms with Crippen LogP contribution in [0.3, 0.4) is 0 Å². The summed E-state index contributed by atoms with van der Waals surface area (Å²) in [7, 11) is 1.70. The Balaban J connectivity index is 1.24. The van der Waals surface area contributed by atoms with Crippen LogP contribution in [0.1, 0.15) is 70.6 Å². The normalized spacial score (nSPS) is 40.0. The van der Waals surface area contributed by atoms with Gasteiger partial charge in [-0.05, 0) is 56.3 Å². The number of fused-ring (bicyclic) bond motifs is 1. The van der Waals surface area contributed by atoms with E-state index in [2.05, 4.69) is 5.32 Å². The molecule has 5 fully saturated rings. The molecule has 0 radical (unpaired) electrons. The van der Waals surface area contributed by atoms with Gasteiger partial charge in [-0.2, -0.15) is 0 Å². The molecule has 3 N–H and O–H groups in total. The molecule has 224 valence electrons. The summed E-state index contributed by atoms with van der Waals surface area (Å²) in [6.07, 6.45) is 8.95. The molecule has 8 unspecified atom stereocenters. The Hall–Kier alpha value is -0.810. The molecule has 0 aromatic carbocycles. The molecule has 0 aromatic rings. The van der Waals surface area contributed by atoms with Crippen molar-refractivity contribution in [3.05, 3.63) is 0 Å². The number of hydrogen-bond acceptors (Lipinski definition) is 8. The number of nitrogens with zero attached hydrogens (tertiary/aromatic N) is 1. The van der Waals surface area contributed by atoms with E-state index in [4.69, 9.17) is 18.9 Å². The molecule has 9 atom stereocenters. The Bertz CT molecular complexity index is 760. The summed E-state index contributed by atoms with van der Waals surface area (Å²) in [6.45, 7) is 4.76. The summed E-state index contributed by atoms with van der Waals surface area (Å²) in [5.74, 6) is 0.763. The fourth-order valence-electron chi connectivity index (χ4n) is 7.97. The first kappa shape index (κ1) is 29.7. The van der Waals surface area contributed by atoms with Crippen LogP contribution >= 0.6 is 0 Å². The minimum Gasteiger partial charge on any atom is -0.393 e. The van der Waals surface area contributed by atoms with E-state index in [1.807, 2.05) is 4.90 Å². The minimum absolute atomic E-state index is 0.00270. The zero-order chi connectivity index (χ0) is 27.2. The lowest BCUT2D eigenvalue weighted by molar-refractivity contribution is -0.163. The van der Waals surface area contributed by atoms with Crippen LogP contribution in [0.4, 0.5) is 0 Å². The molecule has 2 aliphatic heterocycles. The topological polar surface area (TPSA) is 110 Å². The number of amides is 1. The average molecular weight is 553 g/mol. The molecule has 5 aliphatic rings. The van der Waals surface area contributed by atoms with E-state index in [0.717, 1.165) is 38.9 Å². The van der Waals surface area contributed by atoms with E-state index in [9.17, 15) is 15.0 Å². The van der Waals surface area contributed by atoms with Crippen molar-refractivity contribution in [1.82, 2.24) is 10.2 Å². The van der Waals surface area contributed by atoms with Crippen molar-refractivity contribution >= 4 is 5.91 Å². The van der Waals surface area contributed by atoms with Gasteiger partial charge in [0.2, 0.25) is 5.91 Å². The number of aliphatic hydroxyl groups excluding tert-OH is 2. The first-order valence-corrected chi connectivity index (χ1v) is 15.7. The maximum Gasteiger partial charge on any atom is 0.230 e. The van der Waals surface area contributed by atoms with Crippen LogP contribution in [0.15, 0.2) is 0 Å². The molecule has 9 heteroatoms. The van der Waals surface area contributed by atoms with Gasteiger partial charge in [-0.25, -0.2) is 0 Å². The summed E-state index contributed by atoms with van der Waals surface area (Å²) in [5.41, 5.74) is 0. The Labute approximate surface area is 234 Å². The van der Waals surface area contributed by atoms with Crippen LogP contribution in [0.2, 0.25) is 0 Å². The Morgan fingerprint density at radius 1 is 1.00 bits per heavy atom. The summed E-state index contributed by atoms with van der Waals surface area (Å²) < 4.78 is 23.4. The van der Waals surface area contributed by atoms with Gasteiger partial charge in [0.1, 0.15) is 0 Å². The average Bonchev–Trinajstić information content (AvgIpc) is 3.45. The zero-order valence-electron chi connectivity index (χ0n) is 23.9. The van der Waals surface area contributed by atoms with Crippen LogP contribution in [-0.4, -0.2) is 111 Å². The van der Waals surface area contributed by atoms with E-state index in [0.29, 0.717) is 63.1 Å². The lowest BCUT2D eigenvalue weighted by Gasteiger charge is -2.49. The van der Waals surface area contributed by atoms with Crippen molar-refractivity contribution in [2.24, 2.45) is 23.7 Å². The second-order valence-corrected chi connectivity index (χ2v) is 12.9. The monoisotopic (exact) mass is 552 g/mol. The number of aliphatic hydroxyl groups is 2. The number of rotatable bonds is 10. The lowest BCUT2D eigenvalue weighted by atomic mass is 9.70. The van der Waals surface area contributed by atoms with Gasteiger partial charge in [0.05, 0.1) is 50.2 Å². The molecule has 3 saturated carbocycles. The SMILES string of the molecule is COCCOC1CC2CCN(C(=O)C3C(O)CC(O)CC3OCC3CCCCC3)CC2C(N[C@H]2CCOC2)C1. The summed E-state index contributed by atoms with van der Waals surface area (Å²) in [4.78, 5) is 16.0. The van der Waals surface area contributed by atoms with Gasteiger partial charge < -0.3 is 39.4 Å². The maximum absolute atomic E-state index is 14.0. The largest absolute Gasteiger partial charge is 0.393 e. The van der Waals surface area contributed by atoms with E-state index in [1.54, 1.807) is 7.11 Å². The standard InChI is InChI=1S/C30H52N2O7/c1-36-11-12-38-24-13-21-7-9-32(17-25(21)26(16-24)31-22-8-10-37-19-22)30(35)29-27(34)14-23(33)15-28(29)39-18-20-5-3-2-4-6-20/h20-29,31,33-34H,2-19H2,1H3/t21?,22-,23?,24?,25?,26?,27?,28?,29?/m0/s1. The molecular weight excluding hydrogens is 500 g/mol. The van der Waals surface area contributed by atoms with Gasteiger partial charge in [-0.3, -0.25) is 4.79 Å². The second kappa shape index (κ2) is 14.4. The van der Waals surface area contributed by atoms with Crippen molar-refractivity contribution < 1.29 is 34.0 Å². The third-order valence-corrected chi connectivity index (χ3v) is 10.1. The molecule has 0 spiro atoms. The Morgan fingerprint density at radius 2 is 1.85 bits per heavy atom. The van der Waals surface area contributed by atoms with E-state index in [1.165, 1.54) is 32.1 Å². The fraction of sp³-hybridized carbons (Fsp3) is 0.967. The molecule has 39 heavy (non-hydrogen) atoms. The van der Waals surface area contributed by atoms with E-state index in [-0.39, 0.29) is 24.5 Å². The van der Waals surface area contributed by atoms with Crippen molar-refractivity contribution in [1.29, 1.82) is 0 Å². The quantitative estimate of drug-likeness (QED) is 0.354. The zero-order valence-corrected chi connectivity index (χ0v) is 23.9. The number of methoxy groups -OCH3 is 1. The molecule has 0 bridgehead atoms. The summed E-state index contributed by atoms with van der Waals surface area (Å²) in [6, 6.07) is 0.605. The van der Waals surface area contributed by atoms with E-state index >= 15 is 0 Å². The number of piperidine rings is 1. The summed E-state index contributed by atoms with van der Waals surface area (Å²) in [5, 5.41) is 25.3. The van der Waals surface area contributed by atoms with Crippen molar-refractivity contribution in [3.63, 3.8) is 0 Å². The van der Waals surface area contributed by atoms with Gasteiger partial charge in [-0.15, -0.1) is 0 Å². The van der Waals surface area contributed by atoms with Gasteiger partial charge in [0.25, 0.3) is 0 Å². The number of carbonyl (C=O) groups is 1. The predicted octanol–water partition coefficient (Wildman–Crippen LogP) is 2.12. The predicted molar refractivity (Wildman–Crippen MR) is 146 cm³/mol. The highest BCUT2D eigenvalue weighted by Gasteiger charge is 2.47. The smallest absolute Gasteiger partial charge is 0.230 e. The summed E-state index contributed by atoms with van der Waals surface area (Å²) >= 11 is 0. The second-order valence-electron chi connectivity index (χ2n) is 12.9. The van der Waals surface area contributed by atoms with Gasteiger partial charge in [0.15, 0.2) is 0 Å². The maximum atomic E-state index is 14.0. The van der Waals surface area contributed by atoms with Crippen molar-refractivity contribution in [3.8, 4) is 0 Å². The van der Waals surface area contributed by atoms with Crippen molar-refractivity contribution in [2.75, 3.05) is 53.2 Å². The highest BCUT2D eigenvalue weighted by Crippen LogP contribution is 2.40. The number of carbonyl (C=O) groups excluding carboxylic acids is 1. The lowest BCUT2D eigenvalue weighted by Crippen LogP contribution is -2.60. The van der Waals surface area contributed by atoms with Gasteiger partial charge >= 0.3 is 0 Å². The fourth-order valence-corrected chi connectivity index (χ4v) is 7.97. The molecule has 9 nitrogen and oxygen atoms in total. The van der Waals surface area contributed by atoms with Crippen LogP contribution in [0, 0.1) is 23.7 Å². The molecule has 1 amide bonds. The molecule has 2 saturated heterocycles. The first-order chi connectivity index (χ1) is 19.0. The number of likely N-dealkylation sites (tertiary alicyclic amines) is 1. The minimum atomic E-state index is -0.871. The van der Waals surface area contributed by atoms with Gasteiger partial charge in [-0.1, -0.05) is 19.3 Å². The highest BCUT2D eigenvalue weighted by atomic mass is 16.5. The molecule has 3 aliphatic carbocycles. The molecule has 0 aromatic heterocycles. The third-order valence-electron chi connectivity index (χ3n) is 10.1. The number of nitrogens with one attached hydrogen (secondary N) is 1. The highest BCUT2D eigenvalue weighted by molar-refractivity contribution is 5.80. The van der Waals surface area contributed by atoms with Crippen LogP contribution in [0.5, 0.6) is 0 Å². The van der Waals surface area contributed by atoms with Crippen molar-refractivity contribution in [2.45, 2.75) is 107 Å². The van der Waals surface area contributed by atoms with Crippen LogP contribution in [-0.2, 0) is 23.7 Å². The molecular formula is C30H52N2O7. The van der Waals surface area contributed by atoms with Gasteiger partial charge in [0, 0.05) is 58.3 Å². The van der Waals surface area contributed by atoms with Crippen LogP contribution < -0.4 is 5.32 Å². The van der Waals surface area contributed by atoms with Crippen LogP contribution in [0.25, 0.3) is 0 Å². The number of hydrogen-bond donors (Lipinski definition) is 3.